The molecule has 0 aliphatic rings. The number of nitrogens with one attached hydrogen (secondary N) is 1. The van der Waals surface area contributed by atoms with Crippen molar-refractivity contribution in [2.24, 2.45) is 0 Å². The number of aromatic nitrogens is 1. The summed E-state index contributed by atoms with van der Waals surface area (Å²) in [5, 5.41) is 3.45. The highest BCUT2D eigenvalue weighted by molar-refractivity contribution is 5.68. The molecule has 2 heteroatoms. The zero-order chi connectivity index (χ0) is 15.2. The van der Waals surface area contributed by atoms with Gasteiger partial charge in [-0.15, -0.1) is 0 Å². The Morgan fingerprint density at radius 1 is 1.00 bits per heavy atom. The van der Waals surface area contributed by atoms with Gasteiger partial charge in [0.2, 0.25) is 0 Å². The lowest BCUT2D eigenvalue weighted by molar-refractivity contribution is 0.588. The monoisotopic (exact) mass is 282 g/mol. The molecule has 1 aromatic heterocycles. The van der Waals surface area contributed by atoms with Crippen LogP contribution in [-0.2, 0) is 19.4 Å². The van der Waals surface area contributed by atoms with Gasteiger partial charge in [-0.1, -0.05) is 45.9 Å². The first kappa shape index (κ1) is 15.7. The summed E-state index contributed by atoms with van der Waals surface area (Å²) in [5.74, 6) is 0. The lowest BCUT2D eigenvalue weighted by Gasteiger charge is -2.12. The van der Waals surface area contributed by atoms with Crippen LogP contribution in [0.1, 0.15) is 44.4 Å². The summed E-state index contributed by atoms with van der Waals surface area (Å²) >= 11 is 0. The van der Waals surface area contributed by atoms with Crippen LogP contribution >= 0.6 is 0 Å². The number of rotatable bonds is 6. The Morgan fingerprint density at radius 2 is 1.81 bits per heavy atom. The molecule has 2 rings (SSSR count). The molecular formula is C19H26N2. The van der Waals surface area contributed by atoms with Crippen molar-refractivity contribution in [3.05, 3.63) is 53.3 Å². The van der Waals surface area contributed by atoms with Crippen molar-refractivity contribution in [2.45, 2.75) is 53.1 Å². The van der Waals surface area contributed by atoms with Gasteiger partial charge in [0.25, 0.3) is 0 Å². The maximum atomic E-state index is 4.43. The number of nitrogens with zero attached hydrogens (tertiary/aromatic N) is 1. The molecular weight excluding hydrogens is 256 g/mol. The van der Waals surface area contributed by atoms with Crippen molar-refractivity contribution in [1.29, 1.82) is 0 Å². The first-order valence-corrected chi connectivity index (χ1v) is 7.93. The summed E-state index contributed by atoms with van der Waals surface area (Å²) < 4.78 is 0. The second kappa shape index (κ2) is 7.37. The highest BCUT2D eigenvalue weighted by atomic mass is 14.9. The number of benzene rings is 1. The summed E-state index contributed by atoms with van der Waals surface area (Å²) in [4.78, 5) is 4.43. The van der Waals surface area contributed by atoms with Crippen molar-refractivity contribution >= 4 is 0 Å². The fourth-order valence-corrected chi connectivity index (χ4v) is 2.47. The van der Waals surface area contributed by atoms with Crippen LogP contribution in [-0.4, -0.2) is 11.0 Å². The Hall–Kier alpha value is -1.67. The molecule has 1 aromatic carbocycles. The molecule has 0 saturated carbocycles. The van der Waals surface area contributed by atoms with Gasteiger partial charge in [0, 0.05) is 30.5 Å². The van der Waals surface area contributed by atoms with E-state index in [4.69, 9.17) is 0 Å². The third-order valence-corrected chi connectivity index (χ3v) is 3.78. The molecule has 0 spiro atoms. The molecule has 2 nitrogen and oxygen atoms in total. The van der Waals surface area contributed by atoms with Gasteiger partial charge in [0.05, 0.1) is 0 Å². The molecule has 21 heavy (non-hydrogen) atoms. The Balaban J connectivity index is 2.34. The fourth-order valence-electron chi connectivity index (χ4n) is 2.47. The van der Waals surface area contributed by atoms with E-state index in [0.717, 1.165) is 19.4 Å². The van der Waals surface area contributed by atoms with E-state index in [1.54, 1.807) is 0 Å². The minimum absolute atomic E-state index is 0.489. The third kappa shape index (κ3) is 4.15. The maximum Gasteiger partial charge on any atom is 0.0346 e. The van der Waals surface area contributed by atoms with Crippen LogP contribution in [0, 0.1) is 0 Å². The summed E-state index contributed by atoms with van der Waals surface area (Å²) in [6, 6.07) is 9.56. The van der Waals surface area contributed by atoms with E-state index in [9.17, 15) is 0 Å². The topological polar surface area (TPSA) is 24.9 Å². The Kier molecular flexibility index (Phi) is 5.51. The summed E-state index contributed by atoms with van der Waals surface area (Å²) in [6.45, 7) is 9.61. The predicted octanol–water partition coefficient (Wildman–Crippen LogP) is 4.37. The van der Waals surface area contributed by atoms with Gasteiger partial charge in [0.15, 0.2) is 0 Å². The Labute approximate surface area is 128 Å². The first-order chi connectivity index (χ1) is 10.1. The molecule has 112 valence electrons. The van der Waals surface area contributed by atoms with Crippen LogP contribution in [0.4, 0.5) is 0 Å². The standard InChI is InChI=1S/C19H26N2/c1-5-15-7-8-17(6-2)19(10-15)18-9-16(11-20-13-18)12-21-14(3)4/h7-11,13-14,21H,5-6,12H2,1-4H3. The Morgan fingerprint density at radius 3 is 2.48 bits per heavy atom. The molecule has 0 saturated heterocycles. The zero-order valence-corrected chi connectivity index (χ0v) is 13.6. The summed E-state index contributed by atoms with van der Waals surface area (Å²) in [5.41, 5.74) is 6.57. The van der Waals surface area contributed by atoms with Crippen molar-refractivity contribution in [1.82, 2.24) is 10.3 Å². The molecule has 0 amide bonds. The van der Waals surface area contributed by atoms with Gasteiger partial charge in [-0.25, -0.2) is 0 Å². The van der Waals surface area contributed by atoms with Gasteiger partial charge in [-0.2, -0.15) is 0 Å². The minimum Gasteiger partial charge on any atom is -0.310 e. The largest absolute Gasteiger partial charge is 0.310 e. The maximum absolute atomic E-state index is 4.43. The molecule has 0 aliphatic carbocycles. The van der Waals surface area contributed by atoms with E-state index < -0.39 is 0 Å². The van der Waals surface area contributed by atoms with Gasteiger partial charge in [-0.3, -0.25) is 4.98 Å². The van der Waals surface area contributed by atoms with Crippen LogP contribution in [0.3, 0.4) is 0 Å². The van der Waals surface area contributed by atoms with E-state index in [1.165, 1.54) is 27.8 Å². The average Bonchev–Trinajstić information content (AvgIpc) is 2.52. The van der Waals surface area contributed by atoms with E-state index in [2.05, 4.69) is 62.3 Å². The first-order valence-electron chi connectivity index (χ1n) is 7.93. The van der Waals surface area contributed by atoms with E-state index in [-0.39, 0.29) is 0 Å². The zero-order valence-electron chi connectivity index (χ0n) is 13.6. The van der Waals surface area contributed by atoms with Gasteiger partial charge < -0.3 is 5.32 Å². The molecule has 0 aliphatic heterocycles. The van der Waals surface area contributed by atoms with Crippen LogP contribution in [0.2, 0.25) is 0 Å². The molecule has 0 bridgehead atoms. The van der Waals surface area contributed by atoms with Crippen molar-refractivity contribution < 1.29 is 0 Å². The highest BCUT2D eigenvalue weighted by Crippen LogP contribution is 2.26. The van der Waals surface area contributed by atoms with E-state index in [0.29, 0.717) is 6.04 Å². The molecule has 1 N–H and O–H groups in total. The van der Waals surface area contributed by atoms with Crippen molar-refractivity contribution in [2.75, 3.05) is 0 Å². The average molecular weight is 282 g/mol. The second-order valence-electron chi connectivity index (χ2n) is 5.82. The van der Waals surface area contributed by atoms with Crippen LogP contribution < -0.4 is 5.32 Å². The smallest absolute Gasteiger partial charge is 0.0346 e. The summed E-state index contributed by atoms with van der Waals surface area (Å²) in [7, 11) is 0. The SMILES string of the molecule is CCc1ccc(CC)c(-c2cncc(CNC(C)C)c2)c1. The predicted molar refractivity (Wildman–Crippen MR) is 90.4 cm³/mol. The number of hydrogen-bond donors (Lipinski definition) is 1. The normalized spacial score (nSPS) is 11.1. The quantitative estimate of drug-likeness (QED) is 0.851. The third-order valence-electron chi connectivity index (χ3n) is 3.78. The van der Waals surface area contributed by atoms with Gasteiger partial charge in [-0.05, 0) is 41.2 Å². The van der Waals surface area contributed by atoms with Crippen molar-refractivity contribution in [3.8, 4) is 11.1 Å². The number of aryl methyl sites for hydroxylation is 2. The molecule has 2 aromatic rings. The van der Waals surface area contributed by atoms with Crippen molar-refractivity contribution in [3.63, 3.8) is 0 Å². The minimum atomic E-state index is 0.489. The highest BCUT2D eigenvalue weighted by Gasteiger charge is 2.07. The van der Waals surface area contributed by atoms with Crippen LogP contribution in [0.25, 0.3) is 11.1 Å². The molecule has 0 unspecified atom stereocenters. The lowest BCUT2D eigenvalue weighted by Crippen LogP contribution is -2.21. The molecule has 0 fully saturated rings. The second-order valence-corrected chi connectivity index (χ2v) is 5.82. The van der Waals surface area contributed by atoms with Crippen LogP contribution in [0.5, 0.6) is 0 Å². The molecule has 0 radical (unpaired) electrons. The van der Waals surface area contributed by atoms with Gasteiger partial charge in [0.1, 0.15) is 0 Å². The molecule has 1 heterocycles. The summed E-state index contributed by atoms with van der Waals surface area (Å²) in [6.07, 6.45) is 6.05. The van der Waals surface area contributed by atoms with E-state index in [1.807, 2.05) is 12.4 Å². The Bertz CT molecular complexity index is 588. The van der Waals surface area contributed by atoms with Crippen LogP contribution in [0.15, 0.2) is 36.7 Å². The van der Waals surface area contributed by atoms with Gasteiger partial charge >= 0.3 is 0 Å². The lowest BCUT2D eigenvalue weighted by atomic mass is 9.95. The molecule has 0 atom stereocenters. The fraction of sp³-hybridized carbons (Fsp3) is 0.421. The van der Waals surface area contributed by atoms with E-state index >= 15 is 0 Å². The number of pyridine rings is 1. The number of hydrogen-bond acceptors (Lipinski definition) is 2.